The van der Waals surface area contributed by atoms with Crippen LogP contribution >= 0.6 is 0 Å². The summed E-state index contributed by atoms with van der Waals surface area (Å²) in [4.78, 5) is 0. The molecule has 1 aromatic rings. The fourth-order valence-electron chi connectivity index (χ4n) is 1.12. The second kappa shape index (κ2) is 3.49. The van der Waals surface area contributed by atoms with Crippen LogP contribution in [-0.2, 0) is 6.54 Å². The Morgan fingerprint density at radius 2 is 2.09 bits per heavy atom. The summed E-state index contributed by atoms with van der Waals surface area (Å²) in [6.07, 6.45) is 0. The highest BCUT2D eigenvalue weighted by Crippen LogP contribution is 2.09. The van der Waals surface area contributed by atoms with Crippen LogP contribution in [0, 0.1) is 13.8 Å². The van der Waals surface area contributed by atoms with Gasteiger partial charge in [-0.25, -0.2) is 0 Å². The Hall–Kier alpha value is -0.890. The Morgan fingerprint density at radius 1 is 1.36 bits per heavy atom. The molecule has 0 aliphatic carbocycles. The van der Waals surface area contributed by atoms with Crippen molar-refractivity contribution < 1.29 is 4.48 Å². The minimum atomic E-state index is 0.298. The van der Waals surface area contributed by atoms with Crippen molar-refractivity contribution in [2.24, 2.45) is 0 Å². The molecule has 0 heterocycles. The molecule has 1 N–H and O–H groups in total. The molecule has 0 saturated carbocycles. The lowest BCUT2D eigenvalue weighted by molar-refractivity contribution is 0.329. The average Bonchev–Trinajstić information content (AvgIpc) is 1.95. The molecule has 2 heteroatoms. The van der Waals surface area contributed by atoms with E-state index in [0.29, 0.717) is 6.54 Å². The number of halogens is 1. The van der Waals surface area contributed by atoms with E-state index in [1.165, 1.54) is 5.56 Å². The van der Waals surface area contributed by atoms with E-state index in [1.54, 1.807) is 5.54 Å². The van der Waals surface area contributed by atoms with Crippen molar-refractivity contribution >= 4 is 0 Å². The number of benzene rings is 1. The summed E-state index contributed by atoms with van der Waals surface area (Å²) in [6, 6.07) is 5.98. The third-order valence-electron chi connectivity index (χ3n) is 1.76. The van der Waals surface area contributed by atoms with Gasteiger partial charge in [0.1, 0.15) is 0 Å². The minimum Gasteiger partial charge on any atom is -0.155 e. The molecule has 1 nitrogen and oxygen atoms in total. The molecule has 0 aliphatic heterocycles. The monoisotopic (exact) mass is 153 g/mol. The molecule has 0 radical (unpaired) electrons. The summed E-state index contributed by atoms with van der Waals surface area (Å²) in [7, 11) is 0. The third kappa shape index (κ3) is 2.02. The molecule has 0 bridgehead atoms. The maximum atomic E-state index is 11.7. The van der Waals surface area contributed by atoms with Crippen molar-refractivity contribution in [2.45, 2.75) is 20.4 Å². The molecule has 0 aromatic heterocycles. The van der Waals surface area contributed by atoms with Crippen molar-refractivity contribution in [3.8, 4) is 0 Å². The van der Waals surface area contributed by atoms with Crippen molar-refractivity contribution in [1.29, 1.82) is 0 Å². The van der Waals surface area contributed by atoms with Crippen LogP contribution in [0.1, 0.15) is 16.7 Å². The van der Waals surface area contributed by atoms with Gasteiger partial charge < -0.3 is 0 Å². The second-order valence-corrected chi connectivity index (χ2v) is 2.74. The molecule has 0 spiro atoms. The highest BCUT2D eigenvalue weighted by Gasteiger charge is 1.96. The summed E-state index contributed by atoms with van der Waals surface area (Å²) in [5, 5.41) is 0. The van der Waals surface area contributed by atoms with Gasteiger partial charge in [-0.2, -0.15) is 5.54 Å². The summed E-state index contributed by atoms with van der Waals surface area (Å²) < 4.78 is 11.7. The molecular weight excluding hydrogens is 141 g/mol. The fraction of sp³-hybridized carbons (Fsp3) is 0.333. The van der Waals surface area contributed by atoms with E-state index in [4.69, 9.17) is 0 Å². The van der Waals surface area contributed by atoms with Crippen LogP contribution in [0.2, 0.25) is 0 Å². The molecule has 0 amide bonds. The number of hydrogen-bond acceptors (Lipinski definition) is 1. The minimum absolute atomic E-state index is 0.298. The Labute approximate surface area is 66.2 Å². The zero-order chi connectivity index (χ0) is 8.27. The van der Waals surface area contributed by atoms with E-state index < -0.39 is 0 Å². The summed E-state index contributed by atoms with van der Waals surface area (Å²) in [5.74, 6) is 0. The highest BCUT2D eigenvalue weighted by molar-refractivity contribution is 5.29. The Balaban J connectivity index is 2.90. The largest absolute Gasteiger partial charge is 0.155 e. The fourth-order valence-corrected chi connectivity index (χ4v) is 1.12. The molecule has 1 rings (SSSR count). The lowest BCUT2D eigenvalue weighted by atomic mass is 10.1. The van der Waals surface area contributed by atoms with Crippen LogP contribution in [0.4, 0.5) is 4.48 Å². The van der Waals surface area contributed by atoms with Crippen LogP contribution < -0.4 is 5.54 Å². The quantitative estimate of drug-likeness (QED) is 0.643. The molecule has 60 valence electrons. The maximum Gasteiger partial charge on any atom is 0.0512 e. The Morgan fingerprint density at radius 3 is 2.64 bits per heavy atom. The molecule has 1 aromatic carbocycles. The standard InChI is InChI=1S/C9H12FN/c1-7-3-4-9(6-11-10)8(2)5-7/h3-5,11H,6H2,1-2H3. The molecule has 0 fully saturated rings. The van der Waals surface area contributed by atoms with Gasteiger partial charge in [-0.05, 0) is 25.0 Å². The SMILES string of the molecule is Cc1ccc(CNF)c(C)c1. The van der Waals surface area contributed by atoms with Crippen LogP contribution in [0.25, 0.3) is 0 Å². The van der Waals surface area contributed by atoms with Gasteiger partial charge in [0, 0.05) is 0 Å². The van der Waals surface area contributed by atoms with Gasteiger partial charge in [0.25, 0.3) is 0 Å². The van der Waals surface area contributed by atoms with E-state index in [2.05, 4.69) is 0 Å². The van der Waals surface area contributed by atoms with Gasteiger partial charge >= 0.3 is 0 Å². The van der Waals surface area contributed by atoms with Crippen LogP contribution in [0.5, 0.6) is 0 Å². The first kappa shape index (κ1) is 8.21. The number of aryl methyl sites for hydroxylation is 2. The Kier molecular flexibility index (Phi) is 2.60. The topological polar surface area (TPSA) is 12.0 Å². The van der Waals surface area contributed by atoms with Crippen molar-refractivity contribution in [3.05, 3.63) is 34.9 Å². The van der Waals surface area contributed by atoms with Crippen molar-refractivity contribution in [2.75, 3.05) is 0 Å². The van der Waals surface area contributed by atoms with E-state index in [1.807, 2.05) is 32.0 Å². The normalized spacial score (nSPS) is 10.1. The predicted molar refractivity (Wildman–Crippen MR) is 43.9 cm³/mol. The van der Waals surface area contributed by atoms with E-state index in [9.17, 15) is 4.48 Å². The third-order valence-corrected chi connectivity index (χ3v) is 1.76. The van der Waals surface area contributed by atoms with Gasteiger partial charge in [0.2, 0.25) is 0 Å². The lowest BCUT2D eigenvalue weighted by Crippen LogP contribution is -2.01. The van der Waals surface area contributed by atoms with Crippen LogP contribution in [-0.4, -0.2) is 0 Å². The van der Waals surface area contributed by atoms with Crippen molar-refractivity contribution in [1.82, 2.24) is 5.54 Å². The highest BCUT2D eigenvalue weighted by atomic mass is 19.2. The first-order valence-electron chi connectivity index (χ1n) is 3.63. The van der Waals surface area contributed by atoms with E-state index >= 15 is 0 Å². The Bertz CT molecular complexity index is 245. The smallest absolute Gasteiger partial charge is 0.0512 e. The molecular formula is C9H12FN. The molecule has 0 saturated heterocycles. The molecule has 0 atom stereocenters. The van der Waals surface area contributed by atoms with Gasteiger partial charge in [-0.1, -0.05) is 23.8 Å². The average molecular weight is 153 g/mol. The van der Waals surface area contributed by atoms with Crippen LogP contribution in [0.15, 0.2) is 18.2 Å². The lowest BCUT2D eigenvalue weighted by Gasteiger charge is -2.03. The zero-order valence-electron chi connectivity index (χ0n) is 6.82. The summed E-state index contributed by atoms with van der Waals surface area (Å²) in [6.45, 7) is 4.31. The summed E-state index contributed by atoms with van der Waals surface area (Å²) >= 11 is 0. The van der Waals surface area contributed by atoms with Gasteiger partial charge in [0.15, 0.2) is 0 Å². The first-order valence-corrected chi connectivity index (χ1v) is 3.63. The number of nitrogens with one attached hydrogen (secondary N) is 1. The van der Waals surface area contributed by atoms with Gasteiger partial charge in [0.05, 0.1) is 6.54 Å². The second-order valence-electron chi connectivity index (χ2n) is 2.74. The molecule has 11 heavy (non-hydrogen) atoms. The number of rotatable bonds is 2. The molecule has 0 unspecified atom stereocenters. The zero-order valence-corrected chi connectivity index (χ0v) is 6.82. The maximum absolute atomic E-state index is 11.7. The predicted octanol–water partition coefficient (Wildman–Crippen LogP) is 2.28. The first-order chi connectivity index (χ1) is 5.24. The summed E-state index contributed by atoms with van der Waals surface area (Å²) in [5.41, 5.74) is 5.00. The van der Waals surface area contributed by atoms with Crippen molar-refractivity contribution in [3.63, 3.8) is 0 Å². The van der Waals surface area contributed by atoms with Gasteiger partial charge in [-0.15, -0.1) is 4.48 Å². The number of hydrogen-bond donors (Lipinski definition) is 1. The van der Waals surface area contributed by atoms with E-state index in [0.717, 1.165) is 11.1 Å². The molecule has 0 aliphatic rings. The van der Waals surface area contributed by atoms with E-state index in [-0.39, 0.29) is 0 Å². The van der Waals surface area contributed by atoms with Crippen LogP contribution in [0.3, 0.4) is 0 Å². The van der Waals surface area contributed by atoms with Gasteiger partial charge in [-0.3, -0.25) is 0 Å².